The minimum Gasteiger partial charge on any atom is -0.469 e. The number of hydrogen-bond acceptors (Lipinski definition) is 5. The summed E-state index contributed by atoms with van der Waals surface area (Å²) in [6.45, 7) is 2.79. The molecule has 0 aromatic rings. The van der Waals surface area contributed by atoms with Gasteiger partial charge in [-0.25, -0.2) is 0 Å². The lowest BCUT2D eigenvalue weighted by Crippen LogP contribution is -2.48. The van der Waals surface area contributed by atoms with Crippen molar-refractivity contribution in [3.8, 4) is 0 Å². The third kappa shape index (κ3) is 2.78. The first-order valence-corrected chi connectivity index (χ1v) is 8.41. The average Bonchev–Trinajstić information content (AvgIpc) is 3.08. The molecule has 1 spiro atoms. The van der Waals surface area contributed by atoms with Crippen LogP contribution in [0.2, 0.25) is 0 Å². The molecular weight excluding hydrogens is 262 g/mol. The van der Waals surface area contributed by atoms with Crippen molar-refractivity contribution >= 4 is 17.7 Å². The Morgan fingerprint density at radius 1 is 1.47 bits per heavy atom. The summed E-state index contributed by atoms with van der Waals surface area (Å²) in [6.07, 6.45) is 4.41. The molecule has 3 heterocycles. The Morgan fingerprint density at radius 3 is 3.11 bits per heavy atom. The van der Waals surface area contributed by atoms with Crippen LogP contribution in [0.25, 0.3) is 0 Å². The molecular formula is C14H23NO3S. The Morgan fingerprint density at radius 2 is 2.37 bits per heavy atom. The molecule has 3 aliphatic heterocycles. The van der Waals surface area contributed by atoms with Crippen LogP contribution >= 0.6 is 11.8 Å². The first-order valence-electron chi connectivity index (χ1n) is 7.26. The zero-order valence-electron chi connectivity index (χ0n) is 11.6. The molecule has 108 valence electrons. The van der Waals surface area contributed by atoms with Gasteiger partial charge in [0.1, 0.15) is 0 Å². The molecule has 3 aliphatic rings. The second-order valence-electron chi connectivity index (χ2n) is 5.98. The molecule has 5 heteroatoms. The highest BCUT2D eigenvalue weighted by Gasteiger charge is 2.43. The molecule has 0 aromatic carbocycles. The third-order valence-corrected chi connectivity index (χ3v) is 6.03. The van der Waals surface area contributed by atoms with Gasteiger partial charge in [-0.15, -0.1) is 0 Å². The topological polar surface area (TPSA) is 38.8 Å². The summed E-state index contributed by atoms with van der Waals surface area (Å²) in [5.74, 6) is 2.43. The Bertz CT molecular complexity index is 344. The van der Waals surface area contributed by atoms with E-state index in [0.717, 1.165) is 44.7 Å². The maximum atomic E-state index is 11.6. The van der Waals surface area contributed by atoms with E-state index in [0.29, 0.717) is 6.04 Å². The van der Waals surface area contributed by atoms with E-state index in [4.69, 9.17) is 9.47 Å². The van der Waals surface area contributed by atoms with E-state index in [2.05, 4.69) is 4.90 Å². The molecule has 0 saturated carbocycles. The third-order valence-electron chi connectivity index (χ3n) is 4.80. The standard InChI is InChI=1S/C14H23NO3S/c1-17-13(16)11-2-5-15(9-11)12-3-6-18-14(8-12)4-7-19-10-14/h11-12H,2-10H2,1H3. The lowest BCUT2D eigenvalue weighted by Gasteiger charge is -2.41. The molecule has 3 fully saturated rings. The van der Waals surface area contributed by atoms with Crippen molar-refractivity contribution in [2.75, 3.05) is 38.3 Å². The number of carbonyl (C=O) groups is 1. The minimum absolute atomic E-state index is 0.0410. The van der Waals surface area contributed by atoms with E-state index in [9.17, 15) is 4.79 Å². The van der Waals surface area contributed by atoms with Crippen LogP contribution in [0.1, 0.15) is 25.7 Å². The number of thioether (sulfide) groups is 1. The smallest absolute Gasteiger partial charge is 0.310 e. The van der Waals surface area contributed by atoms with Crippen LogP contribution < -0.4 is 0 Å². The molecule has 3 saturated heterocycles. The number of ether oxygens (including phenoxy) is 2. The van der Waals surface area contributed by atoms with Crippen molar-refractivity contribution in [2.45, 2.75) is 37.3 Å². The molecule has 0 N–H and O–H groups in total. The molecule has 3 unspecified atom stereocenters. The first kappa shape index (κ1) is 13.7. The maximum absolute atomic E-state index is 11.6. The minimum atomic E-state index is -0.0410. The fraction of sp³-hybridized carbons (Fsp3) is 0.929. The predicted molar refractivity (Wildman–Crippen MR) is 75.3 cm³/mol. The monoisotopic (exact) mass is 285 g/mol. The van der Waals surface area contributed by atoms with Gasteiger partial charge in [-0.1, -0.05) is 0 Å². The van der Waals surface area contributed by atoms with Gasteiger partial charge in [0.15, 0.2) is 0 Å². The van der Waals surface area contributed by atoms with E-state index in [1.165, 1.54) is 19.3 Å². The number of carbonyl (C=O) groups excluding carboxylic acids is 1. The Balaban J connectivity index is 1.59. The summed E-state index contributed by atoms with van der Waals surface area (Å²) in [5.41, 5.74) is 0.136. The van der Waals surface area contributed by atoms with Gasteiger partial charge in [-0.05, 0) is 38.0 Å². The van der Waals surface area contributed by atoms with Gasteiger partial charge in [-0.3, -0.25) is 9.69 Å². The number of methoxy groups -OCH3 is 1. The van der Waals surface area contributed by atoms with Crippen LogP contribution in [0.3, 0.4) is 0 Å². The predicted octanol–water partition coefficient (Wildman–Crippen LogP) is 1.54. The molecule has 0 bridgehead atoms. The van der Waals surface area contributed by atoms with E-state index < -0.39 is 0 Å². The van der Waals surface area contributed by atoms with Crippen LogP contribution in [0, 0.1) is 5.92 Å². The molecule has 0 aromatic heterocycles. The number of likely N-dealkylation sites (tertiary alicyclic amines) is 1. The second-order valence-corrected chi connectivity index (χ2v) is 7.09. The lowest BCUT2D eigenvalue weighted by molar-refractivity contribution is -0.145. The number of esters is 1. The molecule has 19 heavy (non-hydrogen) atoms. The highest BCUT2D eigenvalue weighted by molar-refractivity contribution is 7.99. The SMILES string of the molecule is COC(=O)C1CCN(C2CCOC3(CCSC3)C2)C1. The summed E-state index contributed by atoms with van der Waals surface area (Å²) in [5, 5.41) is 0. The molecule has 0 amide bonds. The number of rotatable bonds is 2. The Kier molecular flexibility index (Phi) is 4.06. The van der Waals surface area contributed by atoms with Crippen LogP contribution in [0.5, 0.6) is 0 Å². The quantitative estimate of drug-likeness (QED) is 0.720. The fourth-order valence-corrected chi connectivity index (χ4v) is 5.03. The fourth-order valence-electron chi connectivity index (χ4n) is 3.65. The van der Waals surface area contributed by atoms with Crippen molar-refractivity contribution in [1.29, 1.82) is 0 Å². The van der Waals surface area contributed by atoms with Crippen molar-refractivity contribution in [3.05, 3.63) is 0 Å². The molecule has 0 radical (unpaired) electrons. The molecule has 4 nitrogen and oxygen atoms in total. The lowest BCUT2D eigenvalue weighted by atomic mass is 9.89. The summed E-state index contributed by atoms with van der Waals surface area (Å²) < 4.78 is 10.9. The van der Waals surface area contributed by atoms with E-state index in [1.807, 2.05) is 11.8 Å². The largest absolute Gasteiger partial charge is 0.469 e. The molecule has 3 rings (SSSR count). The zero-order chi connectivity index (χ0) is 13.3. The van der Waals surface area contributed by atoms with Gasteiger partial charge in [0, 0.05) is 24.9 Å². The van der Waals surface area contributed by atoms with Gasteiger partial charge >= 0.3 is 5.97 Å². The van der Waals surface area contributed by atoms with Gasteiger partial charge < -0.3 is 9.47 Å². The van der Waals surface area contributed by atoms with Gasteiger partial charge in [0.05, 0.1) is 18.6 Å². The Labute approximate surface area is 119 Å². The van der Waals surface area contributed by atoms with Gasteiger partial charge in [0.2, 0.25) is 0 Å². The van der Waals surface area contributed by atoms with Gasteiger partial charge in [0.25, 0.3) is 0 Å². The summed E-state index contributed by atoms with van der Waals surface area (Å²) in [4.78, 5) is 14.1. The normalized spacial score (nSPS) is 39.8. The maximum Gasteiger partial charge on any atom is 0.310 e. The van der Waals surface area contributed by atoms with Crippen molar-refractivity contribution in [2.24, 2.45) is 5.92 Å². The van der Waals surface area contributed by atoms with E-state index in [1.54, 1.807) is 0 Å². The molecule has 3 atom stereocenters. The van der Waals surface area contributed by atoms with Gasteiger partial charge in [-0.2, -0.15) is 11.8 Å². The van der Waals surface area contributed by atoms with Crippen molar-refractivity contribution in [3.63, 3.8) is 0 Å². The highest BCUT2D eigenvalue weighted by atomic mass is 32.2. The van der Waals surface area contributed by atoms with E-state index in [-0.39, 0.29) is 17.5 Å². The second kappa shape index (κ2) is 5.62. The first-order chi connectivity index (χ1) is 9.22. The van der Waals surface area contributed by atoms with Crippen LogP contribution in [-0.4, -0.2) is 60.8 Å². The number of nitrogens with zero attached hydrogens (tertiary/aromatic N) is 1. The van der Waals surface area contributed by atoms with Crippen LogP contribution in [0.4, 0.5) is 0 Å². The van der Waals surface area contributed by atoms with Crippen LogP contribution in [-0.2, 0) is 14.3 Å². The summed E-state index contributed by atoms with van der Waals surface area (Å²) in [7, 11) is 1.49. The zero-order valence-corrected chi connectivity index (χ0v) is 12.4. The molecule has 0 aliphatic carbocycles. The summed E-state index contributed by atoms with van der Waals surface area (Å²) in [6, 6.07) is 0.599. The van der Waals surface area contributed by atoms with Crippen molar-refractivity contribution < 1.29 is 14.3 Å². The highest BCUT2D eigenvalue weighted by Crippen LogP contribution is 2.40. The van der Waals surface area contributed by atoms with E-state index >= 15 is 0 Å². The van der Waals surface area contributed by atoms with Crippen LogP contribution in [0.15, 0.2) is 0 Å². The Hall–Kier alpha value is -0.260. The van der Waals surface area contributed by atoms with Crippen molar-refractivity contribution in [1.82, 2.24) is 4.90 Å². The average molecular weight is 285 g/mol. The number of hydrogen-bond donors (Lipinski definition) is 0. The summed E-state index contributed by atoms with van der Waals surface area (Å²) >= 11 is 2.02.